The van der Waals surface area contributed by atoms with Crippen LogP contribution >= 0.6 is 11.8 Å². The Balaban J connectivity index is 0.00000169. The summed E-state index contributed by atoms with van der Waals surface area (Å²) in [5, 5.41) is 10.1. The van der Waals surface area contributed by atoms with Gasteiger partial charge in [-0.15, -0.1) is 0 Å². The van der Waals surface area contributed by atoms with Crippen molar-refractivity contribution in [2.45, 2.75) is 92.7 Å². The molecule has 4 rings (SSSR count). The Morgan fingerprint density at radius 2 is 1.89 bits per heavy atom. The third kappa shape index (κ3) is 12.2. The molecule has 2 aliphatic rings. The van der Waals surface area contributed by atoms with Crippen LogP contribution in [0.15, 0.2) is 52.6 Å². The first-order valence-electron chi connectivity index (χ1n) is 16.3. The van der Waals surface area contributed by atoms with E-state index in [0.717, 1.165) is 84.4 Å². The van der Waals surface area contributed by atoms with Crippen molar-refractivity contribution < 1.29 is 17.6 Å². The van der Waals surface area contributed by atoms with Gasteiger partial charge in [0.05, 0.1) is 18.1 Å². The van der Waals surface area contributed by atoms with Crippen molar-refractivity contribution in [3.63, 3.8) is 0 Å². The first-order valence-corrected chi connectivity index (χ1v) is 17.5. The van der Waals surface area contributed by atoms with Gasteiger partial charge in [-0.25, -0.2) is 9.97 Å². The monoisotopic (exact) mass is 642 g/mol. The highest BCUT2D eigenvalue weighted by Crippen LogP contribution is 2.26. The van der Waals surface area contributed by atoms with Crippen LogP contribution < -0.4 is 15.7 Å². The van der Waals surface area contributed by atoms with Crippen molar-refractivity contribution in [2.75, 3.05) is 29.5 Å². The molecule has 1 aliphatic carbocycles. The SMILES string of the molecule is CC.CC.CC/C=C(\C=C/CCSCC1CCN(c2ccc(CC(F)(F)F)cn2)CC1)c1nc2c(o1)=C(CC)CC=C(C#N)C=2. The van der Waals surface area contributed by atoms with Gasteiger partial charge in [0.2, 0.25) is 5.89 Å². The standard InChI is InChI=1S/C32H37F3N4OS.2C2H6/c1-3-7-27(31-38-28-18-24(20-36)9-11-26(4-2)30(28)40-31)8-5-6-17-41-22-23-13-15-39(16-14-23)29-12-10-25(21-37-29)19-32(33,34)35;2*1-2/h5,7-10,12,18,21,23H,3-4,6,11,13-17,19,22H2,1-2H3;2*1-2H3/b8-5-,27-7+;;. The zero-order valence-corrected chi connectivity index (χ0v) is 28.5. The number of nitriles is 1. The maximum Gasteiger partial charge on any atom is 0.393 e. The van der Waals surface area contributed by atoms with E-state index in [1.54, 1.807) is 6.07 Å². The van der Waals surface area contributed by atoms with E-state index >= 15 is 0 Å². The number of pyridine rings is 1. The number of fused-ring (bicyclic) bond motifs is 1. The van der Waals surface area contributed by atoms with Gasteiger partial charge >= 0.3 is 6.18 Å². The van der Waals surface area contributed by atoms with Crippen LogP contribution in [0.1, 0.15) is 91.5 Å². The lowest BCUT2D eigenvalue weighted by molar-refractivity contribution is -0.127. The molecule has 0 radical (unpaired) electrons. The van der Waals surface area contributed by atoms with Crippen molar-refractivity contribution in [1.82, 2.24) is 9.97 Å². The molecule has 0 unspecified atom stereocenters. The van der Waals surface area contributed by atoms with E-state index < -0.39 is 12.6 Å². The van der Waals surface area contributed by atoms with E-state index in [9.17, 15) is 18.4 Å². The lowest BCUT2D eigenvalue weighted by Gasteiger charge is -2.32. The van der Waals surface area contributed by atoms with Crippen LogP contribution in [-0.4, -0.2) is 40.7 Å². The molecule has 0 amide bonds. The fourth-order valence-corrected chi connectivity index (χ4v) is 6.18. The predicted molar refractivity (Wildman–Crippen MR) is 183 cm³/mol. The van der Waals surface area contributed by atoms with E-state index in [-0.39, 0.29) is 5.56 Å². The van der Waals surface area contributed by atoms with Gasteiger partial charge in [-0.2, -0.15) is 30.2 Å². The molecule has 1 saturated heterocycles. The lowest BCUT2D eigenvalue weighted by Crippen LogP contribution is -2.35. The minimum Gasteiger partial charge on any atom is -0.436 e. The molecule has 0 atom stereocenters. The Morgan fingerprint density at radius 1 is 1.16 bits per heavy atom. The van der Waals surface area contributed by atoms with Crippen molar-refractivity contribution in [1.29, 1.82) is 5.26 Å². The van der Waals surface area contributed by atoms with Crippen LogP contribution in [-0.2, 0) is 6.42 Å². The number of halogens is 3. The van der Waals surface area contributed by atoms with Gasteiger partial charge in [-0.1, -0.05) is 71.9 Å². The average molecular weight is 643 g/mol. The summed E-state index contributed by atoms with van der Waals surface area (Å²) in [5.41, 5.74) is 3.71. The van der Waals surface area contributed by atoms with E-state index in [4.69, 9.17) is 9.40 Å². The van der Waals surface area contributed by atoms with E-state index in [1.807, 2.05) is 51.6 Å². The number of thioether (sulfide) groups is 1. The number of aromatic nitrogens is 2. The Hall–Kier alpha value is -3.25. The summed E-state index contributed by atoms with van der Waals surface area (Å²) in [7, 11) is 0. The number of hydrogen-bond donors (Lipinski definition) is 0. The number of anilines is 1. The van der Waals surface area contributed by atoms with Gasteiger partial charge in [-0.3, -0.25) is 0 Å². The number of allylic oxidation sites excluding steroid dienone is 6. The van der Waals surface area contributed by atoms with E-state index in [1.165, 1.54) is 12.3 Å². The van der Waals surface area contributed by atoms with Crippen molar-refractivity contribution in [2.24, 2.45) is 5.92 Å². The Morgan fingerprint density at radius 3 is 2.49 bits per heavy atom. The van der Waals surface area contributed by atoms with Gasteiger partial charge in [0.15, 0.2) is 5.42 Å². The molecule has 0 saturated carbocycles. The van der Waals surface area contributed by atoms with E-state index in [0.29, 0.717) is 23.8 Å². The maximum absolute atomic E-state index is 12.6. The second-order valence-electron chi connectivity index (χ2n) is 10.4. The lowest BCUT2D eigenvalue weighted by atomic mass is 9.99. The van der Waals surface area contributed by atoms with Gasteiger partial charge in [0.25, 0.3) is 0 Å². The number of nitrogens with zero attached hydrogens (tertiary/aromatic N) is 4. The predicted octanol–water partition coefficient (Wildman–Crippen LogP) is 8.81. The highest BCUT2D eigenvalue weighted by atomic mass is 32.2. The number of oxazole rings is 1. The Labute approximate surface area is 271 Å². The maximum atomic E-state index is 12.6. The normalized spacial score (nSPS) is 15.6. The molecule has 1 fully saturated rings. The van der Waals surface area contributed by atoms with Crippen LogP contribution in [0.5, 0.6) is 0 Å². The van der Waals surface area contributed by atoms with Crippen LogP contribution in [0.25, 0.3) is 17.2 Å². The molecule has 0 N–H and O–H groups in total. The third-order valence-electron chi connectivity index (χ3n) is 7.29. The van der Waals surface area contributed by atoms with Crippen molar-refractivity contribution in [3.05, 3.63) is 70.4 Å². The summed E-state index contributed by atoms with van der Waals surface area (Å²) in [4.78, 5) is 11.2. The average Bonchev–Trinajstić information content (AvgIpc) is 3.39. The minimum absolute atomic E-state index is 0.197. The van der Waals surface area contributed by atoms with Crippen LogP contribution in [0.2, 0.25) is 0 Å². The number of rotatable bonds is 11. The molecular weight excluding hydrogens is 593 g/mol. The zero-order valence-electron chi connectivity index (χ0n) is 27.7. The molecule has 246 valence electrons. The molecule has 3 heterocycles. The molecule has 9 heteroatoms. The highest BCUT2D eigenvalue weighted by Gasteiger charge is 2.28. The molecule has 2 aromatic heterocycles. The summed E-state index contributed by atoms with van der Waals surface area (Å²) in [6, 6.07) is 5.47. The highest BCUT2D eigenvalue weighted by molar-refractivity contribution is 7.99. The largest absolute Gasteiger partial charge is 0.436 e. The number of hydrogen-bond acceptors (Lipinski definition) is 6. The topological polar surface area (TPSA) is 66.0 Å². The smallest absolute Gasteiger partial charge is 0.393 e. The number of piperidine rings is 1. The fraction of sp³-hybridized carbons (Fsp3) is 0.528. The molecule has 5 nitrogen and oxygen atoms in total. The second kappa shape index (κ2) is 20.0. The van der Waals surface area contributed by atoms with Crippen LogP contribution in [0, 0.1) is 17.2 Å². The van der Waals surface area contributed by atoms with E-state index in [2.05, 4.69) is 48.0 Å². The second-order valence-corrected chi connectivity index (χ2v) is 11.5. The summed E-state index contributed by atoms with van der Waals surface area (Å²) >= 11 is 1.96. The molecular formula is C36H49F3N4OS. The number of alkyl halides is 3. The van der Waals surface area contributed by atoms with Crippen LogP contribution in [0.4, 0.5) is 19.0 Å². The van der Waals surface area contributed by atoms with Gasteiger partial charge in [0.1, 0.15) is 11.2 Å². The summed E-state index contributed by atoms with van der Waals surface area (Å²) in [6.45, 7) is 13.9. The molecule has 45 heavy (non-hydrogen) atoms. The first kappa shape index (κ1) is 37.9. The summed E-state index contributed by atoms with van der Waals surface area (Å²) < 4.78 is 44.0. The summed E-state index contributed by atoms with van der Waals surface area (Å²) in [5.74, 6) is 4.12. The van der Waals surface area contributed by atoms with Gasteiger partial charge in [-0.05, 0) is 79.2 Å². The zero-order chi connectivity index (χ0) is 33.2. The molecule has 0 bridgehead atoms. The molecule has 0 spiro atoms. The molecule has 2 aromatic rings. The van der Waals surface area contributed by atoms with Crippen molar-refractivity contribution in [3.8, 4) is 6.07 Å². The fourth-order valence-electron chi connectivity index (χ4n) is 5.05. The Bertz CT molecular complexity index is 1420. The Kier molecular flexibility index (Phi) is 16.9. The molecule has 1 aliphatic heterocycles. The summed E-state index contributed by atoms with van der Waals surface area (Å²) in [6.07, 6.45) is 11.8. The minimum atomic E-state index is -4.21. The molecule has 0 aromatic carbocycles. The first-order chi connectivity index (χ1) is 21.8. The van der Waals surface area contributed by atoms with Gasteiger partial charge in [0, 0.05) is 24.9 Å². The third-order valence-corrected chi connectivity index (χ3v) is 8.53. The quantitative estimate of drug-likeness (QED) is 0.180. The van der Waals surface area contributed by atoms with Gasteiger partial charge < -0.3 is 9.32 Å². The van der Waals surface area contributed by atoms with Crippen LogP contribution in [0.3, 0.4) is 0 Å². The van der Waals surface area contributed by atoms with Crippen molar-refractivity contribution >= 4 is 34.8 Å².